The summed E-state index contributed by atoms with van der Waals surface area (Å²) in [6, 6.07) is 7.39. The fraction of sp³-hybridized carbons (Fsp3) is 0.417. The fourth-order valence-corrected chi connectivity index (χ4v) is 2.17. The summed E-state index contributed by atoms with van der Waals surface area (Å²) in [5.41, 5.74) is 0.110. The Bertz CT molecular complexity index is 380. The number of hydrogen-bond donors (Lipinski definition) is 1. The Kier molecular flexibility index (Phi) is 2.39. The Hall–Kier alpha value is -1.51. The van der Waals surface area contributed by atoms with Gasteiger partial charge in [-0.2, -0.15) is 0 Å². The largest absolute Gasteiger partial charge is 0.496 e. The number of carbonyl (C=O) groups is 1. The van der Waals surface area contributed by atoms with E-state index in [1.165, 1.54) is 0 Å². The number of aliphatic carboxylic acids is 1. The minimum Gasteiger partial charge on any atom is -0.496 e. The third-order valence-corrected chi connectivity index (χ3v) is 3.24. The molecule has 15 heavy (non-hydrogen) atoms. The van der Waals surface area contributed by atoms with E-state index in [9.17, 15) is 9.90 Å². The number of rotatable bonds is 3. The summed E-state index contributed by atoms with van der Waals surface area (Å²) in [6.07, 6.45) is 2.40. The molecule has 3 nitrogen and oxygen atoms in total. The van der Waals surface area contributed by atoms with Crippen LogP contribution in [-0.4, -0.2) is 18.2 Å². The van der Waals surface area contributed by atoms with Crippen molar-refractivity contribution in [2.75, 3.05) is 7.11 Å². The van der Waals surface area contributed by atoms with Crippen LogP contribution in [0.1, 0.15) is 24.8 Å². The zero-order chi connectivity index (χ0) is 10.9. The van der Waals surface area contributed by atoms with Gasteiger partial charge in [0.25, 0.3) is 0 Å². The molecule has 1 fully saturated rings. The first kappa shape index (κ1) is 10.0. The van der Waals surface area contributed by atoms with Gasteiger partial charge >= 0.3 is 5.97 Å². The van der Waals surface area contributed by atoms with Gasteiger partial charge in [0.05, 0.1) is 12.5 Å². The fourth-order valence-electron chi connectivity index (χ4n) is 2.17. The van der Waals surface area contributed by atoms with Gasteiger partial charge in [-0.05, 0) is 18.9 Å². The molecule has 0 amide bonds. The molecule has 0 unspecified atom stereocenters. The van der Waals surface area contributed by atoms with E-state index in [0.717, 1.165) is 12.0 Å². The summed E-state index contributed by atoms with van der Waals surface area (Å²) < 4.78 is 5.21. The molecule has 2 rings (SSSR count). The van der Waals surface area contributed by atoms with Gasteiger partial charge in [0.1, 0.15) is 5.75 Å². The van der Waals surface area contributed by atoms with Crippen LogP contribution in [0.3, 0.4) is 0 Å². The number of hydrogen-bond acceptors (Lipinski definition) is 2. The van der Waals surface area contributed by atoms with Gasteiger partial charge in [-0.1, -0.05) is 24.6 Å². The van der Waals surface area contributed by atoms with Gasteiger partial charge in [0, 0.05) is 5.56 Å². The van der Waals surface area contributed by atoms with E-state index >= 15 is 0 Å². The van der Waals surface area contributed by atoms with Gasteiger partial charge in [-0.25, -0.2) is 0 Å². The zero-order valence-corrected chi connectivity index (χ0v) is 8.69. The zero-order valence-electron chi connectivity index (χ0n) is 8.69. The number of methoxy groups -OCH3 is 1. The van der Waals surface area contributed by atoms with E-state index in [0.29, 0.717) is 18.6 Å². The quantitative estimate of drug-likeness (QED) is 0.824. The van der Waals surface area contributed by atoms with E-state index < -0.39 is 11.4 Å². The highest BCUT2D eigenvalue weighted by atomic mass is 16.5. The molecule has 1 saturated carbocycles. The molecular weight excluding hydrogens is 192 g/mol. The smallest absolute Gasteiger partial charge is 0.314 e. The normalized spacial score (nSPS) is 17.9. The van der Waals surface area contributed by atoms with Crippen molar-refractivity contribution in [2.24, 2.45) is 0 Å². The van der Waals surface area contributed by atoms with Gasteiger partial charge in [0.2, 0.25) is 0 Å². The lowest BCUT2D eigenvalue weighted by atomic mass is 9.64. The van der Waals surface area contributed by atoms with Gasteiger partial charge in [-0.3, -0.25) is 4.79 Å². The molecular formula is C12H14O3. The Morgan fingerprint density at radius 1 is 1.40 bits per heavy atom. The van der Waals surface area contributed by atoms with Crippen molar-refractivity contribution in [3.05, 3.63) is 29.8 Å². The number of ether oxygens (including phenoxy) is 1. The molecule has 0 spiro atoms. The molecule has 80 valence electrons. The molecule has 0 radical (unpaired) electrons. The molecule has 1 aromatic rings. The molecule has 0 saturated heterocycles. The Morgan fingerprint density at radius 3 is 2.53 bits per heavy atom. The Balaban J connectivity index is 2.47. The van der Waals surface area contributed by atoms with E-state index in [4.69, 9.17) is 4.74 Å². The van der Waals surface area contributed by atoms with Crippen LogP contribution >= 0.6 is 0 Å². The van der Waals surface area contributed by atoms with Crippen LogP contribution in [0.15, 0.2) is 24.3 Å². The van der Waals surface area contributed by atoms with Gasteiger partial charge in [0.15, 0.2) is 0 Å². The molecule has 1 N–H and O–H groups in total. The lowest BCUT2D eigenvalue weighted by Crippen LogP contribution is -2.42. The van der Waals surface area contributed by atoms with Crippen molar-refractivity contribution >= 4 is 5.97 Å². The third kappa shape index (κ3) is 1.39. The molecule has 1 aromatic carbocycles. The summed E-state index contributed by atoms with van der Waals surface area (Å²) in [6.45, 7) is 0. The van der Waals surface area contributed by atoms with Crippen LogP contribution in [0.2, 0.25) is 0 Å². The highest BCUT2D eigenvalue weighted by Gasteiger charge is 2.47. The average molecular weight is 206 g/mol. The molecule has 3 heteroatoms. The van der Waals surface area contributed by atoms with Gasteiger partial charge < -0.3 is 9.84 Å². The first-order valence-corrected chi connectivity index (χ1v) is 5.07. The lowest BCUT2D eigenvalue weighted by Gasteiger charge is -2.38. The van der Waals surface area contributed by atoms with Crippen molar-refractivity contribution < 1.29 is 14.6 Å². The highest BCUT2D eigenvalue weighted by Crippen LogP contribution is 2.47. The molecule has 0 bridgehead atoms. The summed E-state index contributed by atoms with van der Waals surface area (Å²) in [4.78, 5) is 11.3. The van der Waals surface area contributed by atoms with Crippen LogP contribution in [0, 0.1) is 0 Å². The molecule has 0 heterocycles. The molecule has 0 atom stereocenters. The van der Waals surface area contributed by atoms with Crippen LogP contribution in [0.5, 0.6) is 5.75 Å². The average Bonchev–Trinajstić information content (AvgIpc) is 2.16. The van der Waals surface area contributed by atoms with E-state index in [1.807, 2.05) is 24.3 Å². The second-order valence-corrected chi connectivity index (χ2v) is 3.94. The maximum atomic E-state index is 11.3. The second-order valence-electron chi connectivity index (χ2n) is 3.94. The van der Waals surface area contributed by atoms with Crippen LogP contribution in [-0.2, 0) is 10.2 Å². The van der Waals surface area contributed by atoms with Crippen LogP contribution < -0.4 is 4.74 Å². The first-order valence-electron chi connectivity index (χ1n) is 5.07. The molecule has 1 aliphatic rings. The van der Waals surface area contributed by atoms with Crippen molar-refractivity contribution in [2.45, 2.75) is 24.7 Å². The minimum absolute atomic E-state index is 0.680. The highest BCUT2D eigenvalue weighted by molar-refractivity contribution is 5.83. The van der Waals surface area contributed by atoms with Crippen molar-refractivity contribution in [1.82, 2.24) is 0 Å². The van der Waals surface area contributed by atoms with Crippen molar-refractivity contribution in [3.63, 3.8) is 0 Å². The number of benzene rings is 1. The monoisotopic (exact) mass is 206 g/mol. The summed E-state index contributed by atoms with van der Waals surface area (Å²) >= 11 is 0. The Morgan fingerprint density at radius 2 is 2.07 bits per heavy atom. The van der Waals surface area contributed by atoms with Crippen molar-refractivity contribution in [1.29, 1.82) is 0 Å². The van der Waals surface area contributed by atoms with Crippen LogP contribution in [0.25, 0.3) is 0 Å². The lowest BCUT2D eigenvalue weighted by molar-refractivity contribution is -0.147. The predicted molar refractivity (Wildman–Crippen MR) is 56.2 cm³/mol. The molecule has 0 aliphatic heterocycles. The summed E-state index contributed by atoms with van der Waals surface area (Å²) in [5.74, 6) is -0.0575. The molecule has 1 aliphatic carbocycles. The Labute approximate surface area is 88.7 Å². The number of para-hydroxylation sites is 1. The topological polar surface area (TPSA) is 46.5 Å². The maximum Gasteiger partial charge on any atom is 0.314 e. The minimum atomic E-state index is -0.738. The third-order valence-electron chi connectivity index (χ3n) is 3.24. The SMILES string of the molecule is COc1ccccc1C1(C(=O)O)CCC1. The predicted octanol–water partition coefficient (Wildman–Crippen LogP) is 2.20. The van der Waals surface area contributed by atoms with E-state index in [2.05, 4.69) is 0 Å². The van der Waals surface area contributed by atoms with Crippen LogP contribution in [0.4, 0.5) is 0 Å². The van der Waals surface area contributed by atoms with E-state index in [-0.39, 0.29) is 0 Å². The maximum absolute atomic E-state index is 11.3. The summed E-state index contributed by atoms with van der Waals surface area (Å²) in [5, 5.41) is 9.30. The number of carboxylic acids is 1. The first-order chi connectivity index (χ1) is 7.20. The van der Waals surface area contributed by atoms with E-state index in [1.54, 1.807) is 7.11 Å². The van der Waals surface area contributed by atoms with Gasteiger partial charge in [-0.15, -0.1) is 0 Å². The standard InChI is InChI=1S/C12H14O3/c1-15-10-6-3-2-5-9(10)12(11(13)14)7-4-8-12/h2-3,5-6H,4,7-8H2,1H3,(H,13,14). The molecule has 0 aromatic heterocycles. The summed E-state index contributed by atoms with van der Waals surface area (Å²) in [7, 11) is 1.58. The van der Waals surface area contributed by atoms with Crippen molar-refractivity contribution in [3.8, 4) is 5.75 Å². The second kappa shape index (κ2) is 3.57. The number of carboxylic acid groups (broad SMARTS) is 1.